The Labute approximate surface area is 162 Å². The van der Waals surface area contributed by atoms with Crippen molar-refractivity contribution >= 4 is 40.4 Å². The highest BCUT2D eigenvalue weighted by Crippen LogP contribution is 2.18. The van der Waals surface area contributed by atoms with Crippen LogP contribution in [0.5, 0.6) is 0 Å². The Morgan fingerprint density at radius 2 is 1.80 bits per heavy atom. The molecule has 25 heavy (non-hydrogen) atoms. The summed E-state index contributed by atoms with van der Waals surface area (Å²) in [5.41, 5.74) is 0.320. The lowest BCUT2D eigenvalue weighted by Gasteiger charge is -2.32. The molecule has 1 heterocycles. The van der Waals surface area contributed by atoms with Crippen molar-refractivity contribution in [3.05, 3.63) is 27.8 Å². The summed E-state index contributed by atoms with van der Waals surface area (Å²) >= 11 is 2.23. The Morgan fingerprint density at radius 3 is 2.36 bits per heavy atom. The number of carbonyl (C=O) groups excluding carboxylic acids is 2. The number of hydrogen-bond donors (Lipinski definition) is 2. The molecule has 3 amide bonds. The molecule has 2 N–H and O–H groups in total. The van der Waals surface area contributed by atoms with Gasteiger partial charge in [-0.15, -0.1) is 0 Å². The summed E-state index contributed by atoms with van der Waals surface area (Å²) in [5, 5.41) is 5.74. The van der Waals surface area contributed by atoms with Crippen molar-refractivity contribution in [2.45, 2.75) is 39.2 Å². The van der Waals surface area contributed by atoms with Crippen LogP contribution < -0.4 is 10.6 Å². The summed E-state index contributed by atoms with van der Waals surface area (Å²) in [4.78, 5) is 25.8. The normalized spacial score (nSPS) is 15.6. The van der Waals surface area contributed by atoms with E-state index < -0.39 is 5.60 Å². The number of likely N-dealkylation sites (tertiary alicyclic amines) is 1. The highest BCUT2D eigenvalue weighted by molar-refractivity contribution is 14.1. The highest BCUT2D eigenvalue weighted by Gasteiger charge is 2.24. The van der Waals surface area contributed by atoms with Crippen molar-refractivity contribution in [1.29, 1.82) is 0 Å². The maximum atomic E-state index is 12.3. The van der Waals surface area contributed by atoms with Gasteiger partial charge in [0, 0.05) is 28.9 Å². The van der Waals surface area contributed by atoms with Gasteiger partial charge in [-0.1, -0.05) is 0 Å². The van der Waals surface area contributed by atoms with Crippen LogP contribution in [0.1, 0.15) is 33.6 Å². The summed E-state index contributed by atoms with van der Waals surface area (Å²) in [7, 11) is 0. The lowest BCUT2D eigenvalue weighted by Crippen LogP contribution is -2.43. The summed E-state index contributed by atoms with van der Waals surface area (Å²) in [6, 6.07) is 7.66. The van der Waals surface area contributed by atoms with Crippen molar-refractivity contribution < 1.29 is 14.3 Å². The van der Waals surface area contributed by atoms with E-state index in [1.165, 1.54) is 0 Å². The number of urea groups is 1. The molecule has 138 valence electrons. The Bertz CT molecular complexity index is 591. The fourth-order valence-corrected chi connectivity index (χ4v) is 2.98. The Balaban J connectivity index is 1.71. The first-order valence-corrected chi connectivity index (χ1v) is 9.59. The topological polar surface area (TPSA) is 70.7 Å². The van der Waals surface area contributed by atoms with E-state index in [0.29, 0.717) is 25.6 Å². The predicted octanol–water partition coefficient (Wildman–Crippen LogP) is 4.06. The Kier molecular flexibility index (Phi) is 6.92. The van der Waals surface area contributed by atoms with Gasteiger partial charge in [0.1, 0.15) is 5.60 Å². The zero-order chi connectivity index (χ0) is 18.4. The molecule has 0 bridgehead atoms. The first-order valence-electron chi connectivity index (χ1n) is 8.51. The van der Waals surface area contributed by atoms with Crippen LogP contribution in [0.15, 0.2) is 24.3 Å². The summed E-state index contributed by atoms with van der Waals surface area (Å²) in [6.45, 7) is 7.50. The molecule has 1 aliphatic rings. The van der Waals surface area contributed by atoms with Crippen molar-refractivity contribution in [3.8, 4) is 0 Å². The van der Waals surface area contributed by atoms with E-state index >= 15 is 0 Å². The molecule has 1 aliphatic heterocycles. The maximum absolute atomic E-state index is 12.3. The number of nitrogens with one attached hydrogen (secondary N) is 2. The molecule has 7 heteroatoms. The molecule has 0 aromatic heterocycles. The lowest BCUT2D eigenvalue weighted by molar-refractivity contribution is 0.0512. The molecular formula is C18H26IN3O3. The van der Waals surface area contributed by atoms with E-state index in [1.54, 1.807) is 0 Å². The fraction of sp³-hybridized carbons (Fsp3) is 0.556. The van der Waals surface area contributed by atoms with Gasteiger partial charge in [-0.25, -0.2) is 9.59 Å². The van der Waals surface area contributed by atoms with Crippen LogP contribution in [0, 0.1) is 9.49 Å². The third kappa shape index (κ3) is 7.09. The number of benzene rings is 1. The quantitative estimate of drug-likeness (QED) is 0.670. The Hall–Kier alpha value is -1.51. The molecule has 0 radical (unpaired) electrons. The van der Waals surface area contributed by atoms with Gasteiger partial charge in [-0.05, 0) is 86.4 Å². The average Bonchev–Trinajstić information content (AvgIpc) is 2.54. The van der Waals surface area contributed by atoms with Crippen LogP contribution in [-0.4, -0.2) is 42.3 Å². The zero-order valence-electron chi connectivity index (χ0n) is 15.0. The van der Waals surface area contributed by atoms with E-state index in [2.05, 4.69) is 33.2 Å². The average molecular weight is 459 g/mol. The molecule has 2 rings (SSSR count). The van der Waals surface area contributed by atoms with Gasteiger partial charge in [-0.3, -0.25) is 0 Å². The van der Waals surface area contributed by atoms with Crippen molar-refractivity contribution in [2.75, 3.05) is 25.0 Å². The van der Waals surface area contributed by atoms with Crippen molar-refractivity contribution in [1.82, 2.24) is 10.2 Å². The van der Waals surface area contributed by atoms with E-state index in [1.807, 2.05) is 49.9 Å². The molecule has 1 saturated heterocycles. The molecule has 1 aromatic rings. The number of hydrogen-bond acceptors (Lipinski definition) is 3. The number of ether oxygens (including phenoxy) is 1. The lowest BCUT2D eigenvalue weighted by atomic mass is 9.97. The second-order valence-electron chi connectivity index (χ2n) is 7.25. The monoisotopic (exact) mass is 459 g/mol. The van der Waals surface area contributed by atoms with Crippen molar-refractivity contribution in [3.63, 3.8) is 0 Å². The highest BCUT2D eigenvalue weighted by atomic mass is 127. The largest absolute Gasteiger partial charge is 0.444 e. The van der Waals surface area contributed by atoms with Crippen LogP contribution in [-0.2, 0) is 4.74 Å². The third-order valence-electron chi connectivity index (χ3n) is 3.93. The van der Waals surface area contributed by atoms with Crippen molar-refractivity contribution in [2.24, 2.45) is 5.92 Å². The minimum atomic E-state index is -0.485. The smallest absolute Gasteiger partial charge is 0.407 e. The summed E-state index contributed by atoms with van der Waals surface area (Å²) in [5.74, 6) is 0.370. The minimum Gasteiger partial charge on any atom is -0.444 e. The first-order chi connectivity index (χ1) is 11.7. The number of rotatable bonds is 3. The van der Waals surface area contributed by atoms with Gasteiger partial charge in [0.25, 0.3) is 0 Å². The number of alkyl carbamates (subject to hydrolysis) is 1. The van der Waals surface area contributed by atoms with Crippen LogP contribution in [0.4, 0.5) is 15.3 Å². The number of piperidine rings is 1. The second kappa shape index (κ2) is 8.73. The maximum Gasteiger partial charge on any atom is 0.407 e. The molecule has 6 nitrogen and oxygen atoms in total. The van der Waals surface area contributed by atoms with Gasteiger partial charge in [-0.2, -0.15) is 0 Å². The van der Waals surface area contributed by atoms with Crippen LogP contribution in [0.2, 0.25) is 0 Å². The fourth-order valence-electron chi connectivity index (χ4n) is 2.62. The van der Waals surface area contributed by atoms with E-state index in [-0.39, 0.29) is 12.1 Å². The van der Waals surface area contributed by atoms with Crippen LogP contribution in [0.25, 0.3) is 0 Å². The Morgan fingerprint density at radius 1 is 1.20 bits per heavy atom. The molecule has 0 aliphatic carbocycles. The van der Waals surface area contributed by atoms with Gasteiger partial charge in [0.15, 0.2) is 0 Å². The van der Waals surface area contributed by atoms with Gasteiger partial charge < -0.3 is 20.3 Å². The molecule has 0 spiro atoms. The molecule has 0 saturated carbocycles. The molecule has 1 aromatic carbocycles. The van der Waals surface area contributed by atoms with Gasteiger partial charge in [0.05, 0.1) is 0 Å². The minimum absolute atomic E-state index is 0.0697. The number of amides is 3. The van der Waals surface area contributed by atoms with Crippen LogP contribution >= 0.6 is 22.6 Å². The van der Waals surface area contributed by atoms with Gasteiger partial charge >= 0.3 is 12.1 Å². The molecule has 1 fully saturated rings. The molecule has 0 atom stereocenters. The van der Waals surface area contributed by atoms with E-state index in [9.17, 15) is 9.59 Å². The van der Waals surface area contributed by atoms with Crippen LogP contribution in [0.3, 0.4) is 0 Å². The number of carbonyl (C=O) groups is 2. The molecule has 0 unspecified atom stereocenters. The third-order valence-corrected chi connectivity index (χ3v) is 4.65. The van der Waals surface area contributed by atoms with E-state index in [0.717, 1.165) is 22.1 Å². The standard InChI is InChI=1S/C18H26IN3O3/c1-18(2,3)25-17(24)20-12-13-8-10-22(11-9-13)16(23)21-15-6-4-14(19)5-7-15/h4-7,13H,8-12H2,1-3H3,(H,20,24)(H,21,23). The zero-order valence-corrected chi connectivity index (χ0v) is 17.1. The number of anilines is 1. The summed E-state index contributed by atoms with van der Waals surface area (Å²) in [6.07, 6.45) is 1.36. The molecular weight excluding hydrogens is 433 g/mol. The SMILES string of the molecule is CC(C)(C)OC(=O)NCC1CCN(C(=O)Nc2ccc(I)cc2)CC1. The second-order valence-corrected chi connectivity index (χ2v) is 8.50. The number of nitrogens with zero attached hydrogens (tertiary/aromatic N) is 1. The predicted molar refractivity (Wildman–Crippen MR) is 107 cm³/mol. The summed E-state index contributed by atoms with van der Waals surface area (Å²) < 4.78 is 6.37. The first kappa shape index (κ1) is 19.8. The van der Waals surface area contributed by atoms with Gasteiger partial charge in [0.2, 0.25) is 0 Å². The number of halogens is 1. The van der Waals surface area contributed by atoms with E-state index in [4.69, 9.17) is 4.74 Å².